The van der Waals surface area contributed by atoms with Crippen LogP contribution < -0.4 is 16.4 Å². The average Bonchev–Trinajstić information content (AvgIpc) is 3.85. The fourth-order valence-electron chi connectivity index (χ4n) is 8.36. The first kappa shape index (κ1) is 46.4. The highest BCUT2D eigenvalue weighted by Gasteiger charge is 2.45. The number of rotatable bonds is 22. The van der Waals surface area contributed by atoms with Gasteiger partial charge in [0.25, 0.3) is 0 Å². The number of nitrogen functional groups attached to an aromatic ring is 1. The minimum Gasteiger partial charge on any atom is -0.467 e. The molecule has 2 heterocycles. The van der Waals surface area contributed by atoms with Crippen LogP contribution in [0.2, 0.25) is 0 Å². The fraction of sp³-hybridized carbons (Fsp3) is 0.690. The molecule has 2 fully saturated rings. The van der Waals surface area contributed by atoms with Gasteiger partial charge in [0.1, 0.15) is 11.6 Å². The van der Waals surface area contributed by atoms with Gasteiger partial charge in [0.2, 0.25) is 23.6 Å². The molecule has 4 amide bonds. The Morgan fingerprint density at radius 3 is 2.30 bits per heavy atom. The topological polar surface area (TPSA) is 173 Å². The van der Waals surface area contributed by atoms with Gasteiger partial charge >= 0.3 is 5.97 Å². The molecule has 14 nitrogen and oxygen atoms in total. The number of likely N-dealkylation sites (N-methyl/N-ethyl adjacent to an activating group) is 1. The standard InChI is InChI=1S/C42H68N6O8/c1-10-13-23-48(36(50)27-44-41(53)42(12-3)21-15-22-46(42)6)37(28(4)11-2)34(54-7)26-35(49)47-24-14-16-33(47)38(55-8)29(5)39(51)45-32(40(52)56-9)25-30-17-19-31(43)20-18-30/h12,17-20,28-29,32-34,37-38H,3,10-11,13-16,21-27,43H2,1-2,4-9H3,(H,44,53)(H,45,51)/t28-,29+,32-,33-,34+,37-,38+,42-/m0/s1. The fourth-order valence-corrected chi connectivity index (χ4v) is 8.36. The van der Waals surface area contributed by atoms with Crippen molar-refractivity contribution in [2.75, 3.05) is 60.3 Å². The van der Waals surface area contributed by atoms with Crippen molar-refractivity contribution < 1.29 is 38.2 Å². The Kier molecular flexibility index (Phi) is 18.3. The molecular formula is C42H68N6O8. The highest BCUT2D eigenvalue weighted by Crippen LogP contribution is 2.31. The number of amides is 4. The summed E-state index contributed by atoms with van der Waals surface area (Å²) in [5.41, 5.74) is 6.37. The van der Waals surface area contributed by atoms with E-state index in [2.05, 4.69) is 31.1 Å². The van der Waals surface area contributed by atoms with Crippen molar-refractivity contribution in [2.45, 2.75) is 121 Å². The number of likely N-dealkylation sites (tertiary alicyclic amines) is 2. The van der Waals surface area contributed by atoms with E-state index in [0.717, 1.165) is 44.2 Å². The maximum atomic E-state index is 14.3. The van der Waals surface area contributed by atoms with Gasteiger partial charge in [-0.3, -0.25) is 24.1 Å². The lowest BCUT2D eigenvalue weighted by atomic mass is 9.89. The Morgan fingerprint density at radius 2 is 1.75 bits per heavy atom. The van der Waals surface area contributed by atoms with Crippen LogP contribution in [0.3, 0.4) is 0 Å². The highest BCUT2D eigenvalue weighted by atomic mass is 16.5. The van der Waals surface area contributed by atoms with E-state index in [1.807, 2.05) is 18.9 Å². The molecule has 0 aromatic heterocycles. The minimum atomic E-state index is -0.934. The molecule has 4 N–H and O–H groups in total. The molecule has 14 heteroatoms. The molecule has 3 rings (SSSR count). The van der Waals surface area contributed by atoms with E-state index in [1.54, 1.807) is 54.2 Å². The van der Waals surface area contributed by atoms with Crippen molar-refractivity contribution in [3.8, 4) is 0 Å². The molecule has 2 saturated heterocycles. The first-order valence-electron chi connectivity index (χ1n) is 20.2. The summed E-state index contributed by atoms with van der Waals surface area (Å²) < 4.78 is 17.0. The lowest BCUT2D eigenvalue weighted by Gasteiger charge is -2.41. The first-order chi connectivity index (χ1) is 26.7. The second kappa shape index (κ2) is 22.1. The van der Waals surface area contributed by atoms with Crippen LogP contribution in [0.1, 0.15) is 84.6 Å². The zero-order valence-corrected chi connectivity index (χ0v) is 35.0. The van der Waals surface area contributed by atoms with Gasteiger partial charge in [-0.25, -0.2) is 4.79 Å². The van der Waals surface area contributed by atoms with E-state index in [-0.39, 0.29) is 43.0 Å². The number of esters is 1. The number of carbonyl (C=O) groups is 5. The third-order valence-electron chi connectivity index (χ3n) is 12.0. The summed E-state index contributed by atoms with van der Waals surface area (Å²) >= 11 is 0. The summed E-state index contributed by atoms with van der Waals surface area (Å²) in [5.74, 6) is -2.35. The van der Waals surface area contributed by atoms with Gasteiger partial charge < -0.3 is 40.4 Å². The lowest BCUT2D eigenvalue weighted by Crippen LogP contribution is -2.58. The van der Waals surface area contributed by atoms with Crippen LogP contribution >= 0.6 is 0 Å². The SMILES string of the molecule is C=C[C@@]1(C(=O)NCC(=O)N(CCCC)[C@@H]([C@@H](C)CC)[C@@H](CC(=O)N2CCC[C@H]2[C@H](OC)[C@@H](C)C(=O)N[C@@H](Cc2ccc(N)cc2)C(=O)OC)OC)CCCN1C. The van der Waals surface area contributed by atoms with E-state index < -0.39 is 53.7 Å². The molecule has 1 aromatic rings. The van der Waals surface area contributed by atoms with Crippen molar-refractivity contribution in [2.24, 2.45) is 11.8 Å². The Morgan fingerprint density at radius 1 is 1.05 bits per heavy atom. The van der Waals surface area contributed by atoms with Crippen LogP contribution in [0.5, 0.6) is 0 Å². The number of nitrogens with zero attached hydrogens (tertiary/aromatic N) is 3. The summed E-state index contributed by atoms with van der Waals surface area (Å²) in [6, 6.07) is 5.28. The number of anilines is 1. The number of nitrogens with one attached hydrogen (secondary N) is 2. The molecule has 0 radical (unpaired) electrons. The van der Waals surface area contributed by atoms with Gasteiger partial charge in [-0.2, -0.15) is 0 Å². The minimum absolute atomic E-state index is 0.0116. The van der Waals surface area contributed by atoms with Crippen LogP contribution in [-0.2, 0) is 44.6 Å². The van der Waals surface area contributed by atoms with Gasteiger partial charge in [0.15, 0.2) is 0 Å². The number of benzene rings is 1. The molecule has 0 spiro atoms. The van der Waals surface area contributed by atoms with Crippen LogP contribution in [-0.4, -0.2) is 135 Å². The number of hydrogen-bond donors (Lipinski definition) is 3. The number of carbonyl (C=O) groups excluding carboxylic acids is 5. The van der Waals surface area contributed by atoms with Gasteiger partial charge in [0, 0.05) is 39.4 Å². The van der Waals surface area contributed by atoms with Gasteiger partial charge in [-0.15, -0.1) is 6.58 Å². The van der Waals surface area contributed by atoms with E-state index in [4.69, 9.17) is 19.9 Å². The predicted molar refractivity (Wildman–Crippen MR) is 216 cm³/mol. The summed E-state index contributed by atoms with van der Waals surface area (Å²) in [6.45, 7) is 13.3. The zero-order chi connectivity index (χ0) is 41.6. The first-order valence-corrected chi connectivity index (χ1v) is 20.2. The molecule has 0 bridgehead atoms. The Bertz CT molecular complexity index is 1480. The molecule has 56 heavy (non-hydrogen) atoms. The lowest BCUT2D eigenvalue weighted by molar-refractivity contribution is -0.148. The molecule has 2 aliphatic heterocycles. The van der Waals surface area contributed by atoms with Crippen molar-refractivity contribution in [3.05, 3.63) is 42.5 Å². The predicted octanol–water partition coefficient (Wildman–Crippen LogP) is 3.33. The Hall–Kier alpha value is -4.01. The smallest absolute Gasteiger partial charge is 0.328 e. The van der Waals surface area contributed by atoms with Gasteiger partial charge in [0.05, 0.1) is 50.3 Å². The molecule has 314 valence electrons. The molecule has 2 aliphatic rings. The number of nitrogens with two attached hydrogens (primary N) is 1. The van der Waals surface area contributed by atoms with Gasteiger partial charge in [-0.05, 0) is 69.3 Å². The second-order valence-electron chi connectivity index (χ2n) is 15.4. The molecule has 0 saturated carbocycles. The average molecular weight is 785 g/mol. The monoisotopic (exact) mass is 785 g/mol. The second-order valence-corrected chi connectivity index (χ2v) is 15.4. The third kappa shape index (κ3) is 11.3. The number of methoxy groups -OCH3 is 3. The number of hydrogen-bond acceptors (Lipinski definition) is 10. The van der Waals surface area contributed by atoms with E-state index >= 15 is 0 Å². The number of ether oxygens (including phenoxy) is 3. The Balaban J connectivity index is 1.78. The molecular weight excluding hydrogens is 716 g/mol. The van der Waals surface area contributed by atoms with Crippen LogP contribution in [0.25, 0.3) is 0 Å². The Labute approximate surface area is 334 Å². The van der Waals surface area contributed by atoms with Crippen molar-refractivity contribution in [1.82, 2.24) is 25.3 Å². The summed E-state index contributed by atoms with van der Waals surface area (Å²) in [4.78, 5) is 73.8. The normalized spacial score (nSPS) is 21.6. The quantitative estimate of drug-likeness (QED) is 0.0900. The van der Waals surface area contributed by atoms with Gasteiger partial charge in [-0.1, -0.05) is 58.7 Å². The summed E-state index contributed by atoms with van der Waals surface area (Å²) in [5, 5.41) is 5.75. The van der Waals surface area contributed by atoms with Crippen molar-refractivity contribution in [3.63, 3.8) is 0 Å². The summed E-state index contributed by atoms with van der Waals surface area (Å²) in [7, 11) is 6.26. The number of unbranched alkanes of at least 4 members (excludes halogenated alkanes) is 1. The largest absolute Gasteiger partial charge is 0.467 e. The van der Waals surface area contributed by atoms with Crippen molar-refractivity contribution in [1.29, 1.82) is 0 Å². The molecule has 0 unspecified atom stereocenters. The van der Waals surface area contributed by atoms with Crippen molar-refractivity contribution >= 4 is 35.3 Å². The maximum Gasteiger partial charge on any atom is 0.328 e. The van der Waals surface area contributed by atoms with E-state index in [0.29, 0.717) is 31.6 Å². The third-order valence-corrected chi connectivity index (χ3v) is 12.0. The van der Waals surface area contributed by atoms with Crippen LogP contribution in [0.4, 0.5) is 5.69 Å². The molecule has 8 atom stereocenters. The zero-order valence-electron chi connectivity index (χ0n) is 35.0. The highest BCUT2D eigenvalue weighted by molar-refractivity contribution is 5.92. The van der Waals surface area contributed by atoms with E-state index in [9.17, 15) is 24.0 Å². The van der Waals surface area contributed by atoms with E-state index in [1.165, 1.54) is 14.2 Å². The molecule has 1 aromatic carbocycles. The van der Waals surface area contributed by atoms with Crippen LogP contribution in [0, 0.1) is 11.8 Å². The molecule has 0 aliphatic carbocycles. The maximum absolute atomic E-state index is 14.3. The van der Waals surface area contributed by atoms with Crippen LogP contribution in [0.15, 0.2) is 36.9 Å². The summed E-state index contributed by atoms with van der Waals surface area (Å²) in [6.07, 6.45) is 5.78.